The molecule has 3 atom stereocenters. The number of hydrogen-bond donors (Lipinski definition) is 0. The molecule has 2 heterocycles. The first-order valence-electron chi connectivity index (χ1n) is 5.09. The normalized spacial score (nSPS) is 32.0. The van der Waals surface area contributed by atoms with Gasteiger partial charge in [0.1, 0.15) is 0 Å². The van der Waals surface area contributed by atoms with Crippen molar-refractivity contribution in [1.82, 2.24) is 0 Å². The third kappa shape index (κ3) is 1.48. The molecule has 0 N–H and O–H groups in total. The molecule has 1 aromatic carbocycles. The molecule has 2 aliphatic heterocycles. The van der Waals surface area contributed by atoms with E-state index in [0.717, 1.165) is 11.1 Å². The molecule has 0 spiro atoms. The average Bonchev–Trinajstić information content (AvgIpc) is 2.74. The van der Waals surface area contributed by atoms with E-state index in [1.54, 1.807) is 0 Å². The highest BCUT2D eigenvalue weighted by Crippen LogP contribution is 2.38. The number of thioether (sulfide) groups is 1. The Morgan fingerprint density at radius 3 is 3.00 bits per heavy atom. The van der Waals surface area contributed by atoms with Gasteiger partial charge in [-0.3, -0.25) is 9.00 Å². The topological polar surface area (TPSA) is 34.1 Å². The minimum Gasteiger partial charge on any atom is -0.293 e. The van der Waals surface area contributed by atoms with Gasteiger partial charge in [0, 0.05) is 16.4 Å². The first-order chi connectivity index (χ1) is 7.77. The summed E-state index contributed by atoms with van der Waals surface area (Å²) >= 11 is 1.52. The molecular weight excluding hydrogens is 240 g/mol. The number of benzene rings is 1. The molecule has 82 valence electrons. The minimum absolute atomic E-state index is 0.0834. The van der Waals surface area contributed by atoms with E-state index in [0.29, 0.717) is 5.75 Å². The second-order valence-electron chi connectivity index (χ2n) is 3.91. The lowest BCUT2D eigenvalue weighted by atomic mass is 9.96. The van der Waals surface area contributed by atoms with Crippen molar-refractivity contribution in [2.75, 3.05) is 0 Å². The first-order valence-corrected chi connectivity index (χ1v) is 7.41. The highest BCUT2D eigenvalue weighted by atomic mass is 32.2. The van der Waals surface area contributed by atoms with Gasteiger partial charge >= 0.3 is 0 Å². The molecule has 0 amide bonds. The average molecular weight is 250 g/mol. The maximum absolute atomic E-state index is 12.3. The van der Waals surface area contributed by atoms with Crippen LogP contribution in [0, 0.1) is 5.92 Å². The van der Waals surface area contributed by atoms with Crippen LogP contribution in [0.2, 0.25) is 0 Å². The monoisotopic (exact) mass is 250 g/mol. The van der Waals surface area contributed by atoms with Crippen LogP contribution in [0.3, 0.4) is 0 Å². The van der Waals surface area contributed by atoms with E-state index in [4.69, 9.17) is 0 Å². The summed E-state index contributed by atoms with van der Waals surface area (Å²) in [4.78, 5) is 12.3. The third-order valence-corrected chi connectivity index (χ3v) is 6.19. The van der Waals surface area contributed by atoms with E-state index < -0.39 is 10.8 Å². The van der Waals surface area contributed by atoms with Crippen LogP contribution in [-0.2, 0) is 16.6 Å². The molecule has 0 saturated carbocycles. The fourth-order valence-corrected chi connectivity index (χ4v) is 5.08. The maximum atomic E-state index is 12.3. The fraction of sp³-hybridized carbons (Fsp3) is 0.250. The Morgan fingerprint density at radius 1 is 1.31 bits per heavy atom. The van der Waals surface area contributed by atoms with E-state index >= 15 is 0 Å². The molecule has 4 heteroatoms. The summed E-state index contributed by atoms with van der Waals surface area (Å²) in [5.41, 5.74) is 1.67. The van der Waals surface area contributed by atoms with Gasteiger partial charge in [0.05, 0.1) is 16.3 Å². The number of hydrogen-bond acceptors (Lipinski definition) is 3. The lowest BCUT2D eigenvalue weighted by molar-refractivity contribution is 0.0953. The zero-order valence-electron chi connectivity index (χ0n) is 8.46. The van der Waals surface area contributed by atoms with E-state index in [2.05, 4.69) is 0 Å². The van der Waals surface area contributed by atoms with Gasteiger partial charge in [0.25, 0.3) is 0 Å². The zero-order chi connectivity index (χ0) is 11.1. The van der Waals surface area contributed by atoms with Gasteiger partial charge < -0.3 is 0 Å². The lowest BCUT2D eigenvalue weighted by Gasteiger charge is -2.12. The molecule has 0 radical (unpaired) electrons. The summed E-state index contributed by atoms with van der Waals surface area (Å²) in [6.45, 7) is 0. The fourth-order valence-electron chi connectivity index (χ4n) is 2.12. The number of fused-ring (bicyclic) bond motifs is 2. The Bertz CT molecular complexity index is 507. The highest BCUT2D eigenvalue weighted by Gasteiger charge is 2.38. The maximum Gasteiger partial charge on any atom is 0.172 e. The molecule has 0 bridgehead atoms. The summed E-state index contributed by atoms with van der Waals surface area (Å²) < 4.78 is 12.0. The SMILES string of the molecule is O=C1c2ccccc2CS(=O)C2SC=CC12. The summed E-state index contributed by atoms with van der Waals surface area (Å²) in [5.74, 6) is 0.416. The summed E-state index contributed by atoms with van der Waals surface area (Å²) in [5, 5.41) is 1.90. The molecule has 3 rings (SSSR count). The molecule has 2 nitrogen and oxygen atoms in total. The van der Waals surface area contributed by atoms with Crippen LogP contribution in [0.5, 0.6) is 0 Å². The molecule has 0 fully saturated rings. The van der Waals surface area contributed by atoms with Crippen molar-refractivity contribution in [2.45, 2.75) is 10.3 Å². The van der Waals surface area contributed by atoms with E-state index in [1.807, 2.05) is 35.7 Å². The van der Waals surface area contributed by atoms with E-state index in [1.165, 1.54) is 11.8 Å². The number of carbonyl (C=O) groups excluding carboxylic acids is 1. The quantitative estimate of drug-likeness (QED) is 0.708. The molecule has 0 aliphatic carbocycles. The van der Waals surface area contributed by atoms with Gasteiger partial charge in [-0.05, 0) is 11.0 Å². The minimum atomic E-state index is -0.965. The first kappa shape index (κ1) is 10.3. The second-order valence-corrected chi connectivity index (χ2v) is 6.81. The van der Waals surface area contributed by atoms with Crippen molar-refractivity contribution in [3.63, 3.8) is 0 Å². The van der Waals surface area contributed by atoms with Crippen LogP contribution >= 0.6 is 11.8 Å². The van der Waals surface area contributed by atoms with Crippen molar-refractivity contribution in [3.05, 3.63) is 46.9 Å². The third-order valence-electron chi connectivity index (χ3n) is 2.93. The van der Waals surface area contributed by atoms with Gasteiger partial charge in [0.2, 0.25) is 0 Å². The predicted molar refractivity (Wildman–Crippen MR) is 66.6 cm³/mol. The van der Waals surface area contributed by atoms with Gasteiger partial charge in [-0.25, -0.2) is 0 Å². The molecule has 16 heavy (non-hydrogen) atoms. The summed E-state index contributed by atoms with van der Waals surface area (Å²) in [6.07, 6.45) is 1.89. The Labute approximate surface area is 101 Å². The van der Waals surface area contributed by atoms with Crippen LogP contribution in [0.25, 0.3) is 0 Å². The van der Waals surface area contributed by atoms with Crippen molar-refractivity contribution in [2.24, 2.45) is 5.92 Å². The number of carbonyl (C=O) groups is 1. The predicted octanol–water partition coefficient (Wildman–Crippen LogP) is 2.33. The van der Waals surface area contributed by atoms with Gasteiger partial charge in [-0.15, -0.1) is 11.8 Å². The van der Waals surface area contributed by atoms with Crippen molar-refractivity contribution in [1.29, 1.82) is 0 Å². The van der Waals surface area contributed by atoms with Crippen LogP contribution in [0.4, 0.5) is 0 Å². The van der Waals surface area contributed by atoms with Crippen LogP contribution in [0.15, 0.2) is 35.7 Å². The number of ketones is 1. The Hall–Kier alpha value is -0.870. The molecule has 0 saturated heterocycles. The lowest BCUT2D eigenvalue weighted by Crippen LogP contribution is -2.22. The number of rotatable bonds is 0. The largest absolute Gasteiger partial charge is 0.293 e. The van der Waals surface area contributed by atoms with Crippen LogP contribution < -0.4 is 0 Å². The Kier molecular flexibility index (Phi) is 2.48. The smallest absolute Gasteiger partial charge is 0.172 e. The molecule has 1 aromatic rings. The molecule has 0 aromatic heterocycles. The molecule has 3 unspecified atom stereocenters. The molecular formula is C12H10O2S2. The Balaban J connectivity index is 2.14. The molecule has 2 aliphatic rings. The van der Waals surface area contributed by atoms with Gasteiger partial charge in [-0.1, -0.05) is 30.3 Å². The van der Waals surface area contributed by atoms with E-state index in [9.17, 15) is 9.00 Å². The Morgan fingerprint density at radius 2 is 2.12 bits per heavy atom. The van der Waals surface area contributed by atoms with Crippen molar-refractivity contribution in [3.8, 4) is 0 Å². The van der Waals surface area contributed by atoms with Crippen LogP contribution in [0.1, 0.15) is 15.9 Å². The second kappa shape index (κ2) is 3.86. The van der Waals surface area contributed by atoms with E-state index in [-0.39, 0.29) is 16.3 Å². The summed E-state index contributed by atoms with van der Waals surface area (Å²) in [7, 11) is -0.965. The number of Topliss-reactive ketones (excluding diaryl/α,β-unsaturated/α-hetero) is 1. The van der Waals surface area contributed by atoms with Gasteiger partial charge in [-0.2, -0.15) is 0 Å². The van der Waals surface area contributed by atoms with Crippen LogP contribution in [-0.4, -0.2) is 14.6 Å². The summed E-state index contributed by atoms with van der Waals surface area (Å²) in [6, 6.07) is 7.51. The van der Waals surface area contributed by atoms with Crippen molar-refractivity contribution >= 4 is 28.3 Å². The standard InChI is InChI=1S/C12H10O2S2/c13-11-9-4-2-1-3-8(9)7-16(14)12-10(11)5-6-15-12/h1-6,10,12H,7H2. The van der Waals surface area contributed by atoms with Gasteiger partial charge in [0.15, 0.2) is 5.78 Å². The zero-order valence-corrected chi connectivity index (χ0v) is 10.1. The number of allylic oxidation sites excluding steroid dienone is 1. The van der Waals surface area contributed by atoms with Crippen molar-refractivity contribution < 1.29 is 9.00 Å². The highest BCUT2D eigenvalue weighted by molar-refractivity contribution is 8.13.